The zero-order chi connectivity index (χ0) is 12.3. The number of hydrogen-bond donors (Lipinski definition) is 1. The summed E-state index contributed by atoms with van der Waals surface area (Å²) in [5, 5.41) is -0.0213. The van der Waals surface area contributed by atoms with Crippen molar-refractivity contribution < 1.29 is 4.79 Å². The van der Waals surface area contributed by atoms with Gasteiger partial charge in [0.15, 0.2) is 0 Å². The molecule has 0 aliphatic heterocycles. The van der Waals surface area contributed by atoms with E-state index in [0.29, 0.717) is 11.3 Å². The van der Waals surface area contributed by atoms with E-state index in [-0.39, 0.29) is 5.12 Å². The Kier molecular flexibility index (Phi) is 3.49. The molecule has 2 rings (SSSR count). The summed E-state index contributed by atoms with van der Waals surface area (Å²) < 4.78 is 0. The summed E-state index contributed by atoms with van der Waals surface area (Å²) in [5.74, 6) is 0. The number of nitrogen functional groups attached to an aromatic ring is 1. The molecule has 0 radical (unpaired) electrons. The van der Waals surface area contributed by atoms with Gasteiger partial charge in [-0.25, -0.2) is 0 Å². The number of benzene rings is 2. The number of carbonyl (C=O) groups is 1. The van der Waals surface area contributed by atoms with Gasteiger partial charge in [0.1, 0.15) is 0 Å². The van der Waals surface area contributed by atoms with Crippen molar-refractivity contribution in [3.8, 4) is 0 Å². The fraction of sp³-hybridized carbons (Fsp3) is 0.0714. The van der Waals surface area contributed by atoms with Crippen molar-refractivity contribution in [2.45, 2.75) is 11.8 Å². The Balaban J connectivity index is 2.17. The smallest absolute Gasteiger partial charge is 0.226 e. The lowest BCUT2D eigenvalue weighted by atomic mass is 10.2. The highest BCUT2D eigenvalue weighted by Gasteiger charge is 2.10. The molecule has 2 N–H and O–H groups in total. The van der Waals surface area contributed by atoms with E-state index in [0.717, 1.165) is 4.90 Å². The molecule has 0 aromatic heterocycles. The molecule has 2 aromatic rings. The Morgan fingerprint density at radius 3 is 2.35 bits per heavy atom. The van der Waals surface area contributed by atoms with E-state index in [4.69, 9.17) is 5.73 Å². The lowest BCUT2D eigenvalue weighted by Gasteiger charge is -2.04. The number of thioether (sulfide) groups is 1. The van der Waals surface area contributed by atoms with Gasteiger partial charge in [-0.2, -0.15) is 0 Å². The monoisotopic (exact) mass is 243 g/mol. The van der Waals surface area contributed by atoms with E-state index >= 15 is 0 Å². The molecule has 0 aliphatic rings. The quantitative estimate of drug-likeness (QED) is 0.648. The van der Waals surface area contributed by atoms with Crippen LogP contribution in [0.3, 0.4) is 0 Å². The molecule has 0 unspecified atom stereocenters. The number of carbonyl (C=O) groups excluding carboxylic acids is 1. The van der Waals surface area contributed by atoms with Crippen molar-refractivity contribution in [1.29, 1.82) is 0 Å². The highest BCUT2D eigenvalue weighted by Crippen LogP contribution is 2.25. The maximum Gasteiger partial charge on any atom is 0.226 e. The molecule has 17 heavy (non-hydrogen) atoms. The average Bonchev–Trinajstić information content (AvgIpc) is 2.32. The van der Waals surface area contributed by atoms with Crippen LogP contribution in [0.5, 0.6) is 0 Å². The minimum absolute atomic E-state index is 0.0213. The van der Waals surface area contributed by atoms with Gasteiger partial charge in [-0.3, -0.25) is 4.79 Å². The average molecular weight is 243 g/mol. The van der Waals surface area contributed by atoms with Crippen LogP contribution in [0.15, 0.2) is 53.4 Å². The number of rotatable bonds is 2. The van der Waals surface area contributed by atoms with Crippen molar-refractivity contribution in [1.82, 2.24) is 0 Å². The van der Waals surface area contributed by atoms with Crippen LogP contribution in [0.25, 0.3) is 0 Å². The van der Waals surface area contributed by atoms with Gasteiger partial charge in [-0.05, 0) is 43.0 Å². The van der Waals surface area contributed by atoms with Crippen LogP contribution in [0.1, 0.15) is 15.9 Å². The maximum atomic E-state index is 12.0. The van der Waals surface area contributed by atoms with Gasteiger partial charge in [0.2, 0.25) is 5.12 Å². The number of nitrogens with two attached hydrogens (primary N) is 1. The lowest BCUT2D eigenvalue weighted by Crippen LogP contribution is -1.99. The van der Waals surface area contributed by atoms with Crippen LogP contribution in [-0.2, 0) is 0 Å². The number of para-hydroxylation sites is 1. The van der Waals surface area contributed by atoms with Crippen molar-refractivity contribution in [2.75, 3.05) is 5.73 Å². The molecule has 0 fully saturated rings. The standard InChI is InChI=1S/C14H13NOS/c1-10-6-8-11(9-7-10)17-14(16)12-4-2-3-5-13(12)15/h2-9H,15H2,1H3. The molecular formula is C14H13NOS. The fourth-order valence-corrected chi connectivity index (χ4v) is 2.23. The third kappa shape index (κ3) is 2.88. The molecule has 0 bridgehead atoms. The Hall–Kier alpha value is -1.74. The molecule has 0 saturated carbocycles. The topological polar surface area (TPSA) is 43.1 Å². The summed E-state index contributed by atoms with van der Waals surface area (Å²) in [6, 6.07) is 15.0. The Bertz CT molecular complexity index is 534. The van der Waals surface area contributed by atoms with Crippen LogP contribution in [0, 0.1) is 6.92 Å². The minimum Gasteiger partial charge on any atom is -0.398 e. The zero-order valence-electron chi connectivity index (χ0n) is 9.51. The van der Waals surface area contributed by atoms with E-state index in [1.54, 1.807) is 12.1 Å². The molecule has 0 saturated heterocycles. The second kappa shape index (κ2) is 5.06. The van der Waals surface area contributed by atoms with E-state index in [2.05, 4.69) is 0 Å². The van der Waals surface area contributed by atoms with Crippen molar-refractivity contribution in [3.05, 3.63) is 59.7 Å². The minimum atomic E-state index is -0.0213. The second-order valence-corrected chi connectivity index (χ2v) is 4.84. The van der Waals surface area contributed by atoms with Gasteiger partial charge < -0.3 is 5.73 Å². The van der Waals surface area contributed by atoms with Crippen LogP contribution in [0.4, 0.5) is 5.69 Å². The molecular weight excluding hydrogens is 230 g/mol. The Morgan fingerprint density at radius 2 is 1.71 bits per heavy atom. The van der Waals surface area contributed by atoms with Crippen molar-refractivity contribution in [3.63, 3.8) is 0 Å². The van der Waals surface area contributed by atoms with Crippen LogP contribution in [0.2, 0.25) is 0 Å². The molecule has 86 valence electrons. The third-order valence-electron chi connectivity index (χ3n) is 2.41. The van der Waals surface area contributed by atoms with Gasteiger partial charge in [-0.15, -0.1) is 0 Å². The first-order valence-electron chi connectivity index (χ1n) is 5.30. The zero-order valence-corrected chi connectivity index (χ0v) is 10.3. The Labute approximate surface area is 105 Å². The first-order chi connectivity index (χ1) is 8.16. The fourth-order valence-electron chi connectivity index (χ4n) is 1.45. The molecule has 2 aromatic carbocycles. The highest BCUT2D eigenvalue weighted by molar-refractivity contribution is 8.14. The predicted octanol–water partition coefficient (Wildman–Crippen LogP) is 3.51. The van der Waals surface area contributed by atoms with Crippen LogP contribution >= 0.6 is 11.8 Å². The number of aryl methyl sites for hydroxylation is 1. The SMILES string of the molecule is Cc1ccc(SC(=O)c2ccccc2N)cc1. The molecule has 2 nitrogen and oxygen atoms in total. The first-order valence-corrected chi connectivity index (χ1v) is 6.12. The number of anilines is 1. The summed E-state index contributed by atoms with van der Waals surface area (Å²) in [7, 11) is 0. The van der Waals surface area contributed by atoms with Crippen molar-refractivity contribution >= 4 is 22.6 Å². The first kappa shape index (κ1) is 11.7. The van der Waals surface area contributed by atoms with E-state index in [1.165, 1.54) is 17.3 Å². The van der Waals surface area contributed by atoms with Gasteiger partial charge in [-0.1, -0.05) is 29.8 Å². The van der Waals surface area contributed by atoms with Crippen LogP contribution in [-0.4, -0.2) is 5.12 Å². The van der Waals surface area contributed by atoms with Gasteiger partial charge in [0.05, 0.1) is 5.56 Å². The summed E-state index contributed by atoms with van der Waals surface area (Å²) in [6.07, 6.45) is 0. The molecule has 3 heteroatoms. The Morgan fingerprint density at radius 1 is 1.06 bits per heavy atom. The van der Waals surface area contributed by atoms with Crippen LogP contribution < -0.4 is 5.73 Å². The maximum absolute atomic E-state index is 12.0. The molecule has 0 aliphatic carbocycles. The molecule has 0 spiro atoms. The normalized spacial score (nSPS) is 10.2. The van der Waals surface area contributed by atoms with Gasteiger partial charge >= 0.3 is 0 Å². The third-order valence-corrected chi connectivity index (χ3v) is 3.33. The molecule has 0 atom stereocenters. The van der Waals surface area contributed by atoms with E-state index < -0.39 is 0 Å². The van der Waals surface area contributed by atoms with E-state index in [1.807, 2.05) is 43.3 Å². The predicted molar refractivity (Wildman–Crippen MR) is 72.2 cm³/mol. The molecule has 0 amide bonds. The summed E-state index contributed by atoms with van der Waals surface area (Å²) >= 11 is 1.20. The summed E-state index contributed by atoms with van der Waals surface area (Å²) in [4.78, 5) is 12.9. The summed E-state index contributed by atoms with van der Waals surface area (Å²) in [6.45, 7) is 2.02. The van der Waals surface area contributed by atoms with Gasteiger partial charge in [0, 0.05) is 10.6 Å². The largest absolute Gasteiger partial charge is 0.398 e. The van der Waals surface area contributed by atoms with E-state index in [9.17, 15) is 4.79 Å². The summed E-state index contributed by atoms with van der Waals surface area (Å²) in [5.41, 5.74) is 8.04. The van der Waals surface area contributed by atoms with Crippen molar-refractivity contribution in [2.24, 2.45) is 0 Å². The second-order valence-electron chi connectivity index (χ2n) is 3.79. The highest BCUT2D eigenvalue weighted by atomic mass is 32.2. The lowest BCUT2D eigenvalue weighted by molar-refractivity contribution is 0.108. The van der Waals surface area contributed by atoms with Gasteiger partial charge in [0.25, 0.3) is 0 Å². The number of hydrogen-bond acceptors (Lipinski definition) is 3. The molecule has 0 heterocycles.